The Balaban J connectivity index is 1.80. The molecule has 0 amide bonds. The van der Waals surface area contributed by atoms with E-state index < -0.39 is 5.97 Å². The Kier molecular flexibility index (Phi) is 5.06. The number of rotatable bonds is 6. The molecule has 2 aromatic heterocycles. The van der Waals surface area contributed by atoms with Crippen molar-refractivity contribution in [3.8, 4) is 0 Å². The van der Waals surface area contributed by atoms with E-state index in [-0.39, 0.29) is 5.69 Å². The van der Waals surface area contributed by atoms with Crippen LogP contribution in [0.3, 0.4) is 0 Å². The molecule has 0 aliphatic heterocycles. The zero-order valence-electron chi connectivity index (χ0n) is 14.6. The Morgan fingerprint density at radius 2 is 2.33 bits per heavy atom. The summed E-state index contributed by atoms with van der Waals surface area (Å²) >= 11 is 1.79. The van der Waals surface area contributed by atoms with Crippen molar-refractivity contribution in [2.75, 3.05) is 7.05 Å². The summed E-state index contributed by atoms with van der Waals surface area (Å²) in [4.78, 5) is 15.3. The lowest BCUT2D eigenvalue weighted by Gasteiger charge is -2.31. The monoisotopic (exact) mass is 347 g/mol. The number of carboxylic acid groups (broad SMARTS) is 1. The van der Waals surface area contributed by atoms with Crippen molar-refractivity contribution < 1.29 is 9.90 Å². The SMILES string of the molecule is CCCn1nc(C(=O)O)c2c1CC[C@H](N(C)Cc1sccc1C)C2. The van der Waals surface area contributed by atoms with Crippen LogP contribution in [0.1, 0.15) is 52.0 Å². The number of thiophene rings is 1. The van der Waals surface area contributed by atoms with Crippen LogP contribution < -0.4 is 0 Å². The van der Waals surface area contributed by atoms with Crippen molar-refractivity contribution in [2.45, 2.75) is 58.7 Å². The van der Waals surface area contributed by atoms with Gasteiger partial charge in [0, 0.05) is 35.3 Å². The normalized spacial score (nSPS) is 17.2. The second-order valence-corrected chi connectivity index (χ2v) is 7.64. The third kappa shape index (κ3) is 3.26. The van der Waals surface area contributed by atoms with Crippen molar-refractivity contribution in [1.29, 1.82) is 0 Å². The van der Waals surface area contributed by atoms with Gasteiger partial charge >= 0.3 is 5.97 Å². The quantitative estimate of drug-likeness (QED) is 0.870. The van der Waals surface area contributed by atoms with Gasteiger partial charge in [-0.05, 0) is 56.7 Å². The molecule has 2 heterocycles. The average molecular weight is 347 g/mol. The second kappa shape index (κ2) is 7.07. The van der Waals surface area contributed by atoms with Crippen LogP contribution in [0.15, 0.2) is 11.4 Å². The van der Waals surface area contributed by atoms with Crippen molar-refractivity contribution in [2.24, 2.45) is 0 Å². The van der Waals surface area contributed by atoms with Gasteiger partial charge < -0.3 is 5.11 Å². The summed E-state index contributed by atoms with van der Waals surface area (Å²) in [7, 11) is 2.14. The lowest BCUT2D eigenvalue weighted by molar-refractivity contribution is 0.0687. The Labute approximate surface area is 146 Å². The molecule has 3 rings (SSSR count). The number of likely N-dealkylation sites (N-methyl/N-ethyl adjacent to an activating group) is 1. The highest BCUT2D eigenvalue weighted by Crippen LogP contribution is 2.29. The highest BCUT2D eigenvalue weighted by Gasteiger charge is 2.30. The molecule has 1 aliphatic carbocycles. The zero-order valence-corrected chi connectivity index (χ0v) is 15.4. The zero-order chi connectivity index (χ0) is 17.3. The van der Waals surface area contributed by atoms with E-state index in [4.69, 9.17) is 0 Å². The van der Waals surface area contributed by atoms with E-state index in [2.05, 4.69) is 42.3 Å². The van der Waals surface area contributed by atoms with E-state index in [1.54, 1.807) is 11.3 Å². The molecule has 130 valence electrons. The summed E-state index contributed by atoms with van der Waals surface area (Å²) in [5.41, 5.74) is 3.67. The van der Waals surface area contributed by atoms with Gasteiger partial charge in [-0.1, -0.05) is 6.92 Å². The van der Waals surface area contributed by atoms with Crippen LogP contribution in [0.25, 0.3) is 0 Å². The van der Waals surface area contributed by atoms with Crippen LogP contribution in [0.5, 0.6) is 0 Å². The molecular weight excluding hydrogens is 322 g/mol. The van der Waals surface area contributed by atoms with Gasteiger partial charge in [0.25, 0.3) is 0 Å². The smallest absolute Gasteiger partial charge is 0.356 e. The summed E-state index contributed by atoms with van der Waals surface area (Å²) in [6.45, 7) is 5.97. The largest absolute Gasteiger partial charge is 0.476 e. The Hall–Kier alpha value is -1.66. The number of fused-ring (bicyclic) bond motifs is 1. The van der Waals surface area contributed by atoms with Crippen LogP contribution in [-0.4, -0.2) is 38.8 Å². The van der Waals surface area contributed by atoms with Crippen LogP contribution in [-0.2, 0) is 25.9 Å². The lowest BCUT2D eigenvalue weighted by Crippen LogP contribution is -2.36. The first-order valence-electron chi connectivity index (χ1n) is 8.56. The van der Waals surface area contributed by atoms with E-state index in [1.807, 2.05) is 4.68 Å². The van der Waals surface area contributed by atoms with E-state index in [0.717, 1.165) is 50.0 Å². The van der Waals surface area contributed by atoms with Gasteiger partial charge in [0.05, 0.1) is 0 Å². The van der Waals surface area contributed by atoms with Crippen molar-refractivity contribution in [3.05, 3.63) is 38.8 Å². The molecular formula is C18H25N3O2S. The summed E-state index contributed by atoms with van der Waals surface area (Å²) in [5.74, 6) is -0.904. The molecule has 2 aromatic rings. The molecule has 0 saturated carbocycles. The number of aromatic nitrogens is 2. The second-order valence-electron chi connectivity index (χ2n) is 6.64. The predicted molar refractivity (Wildman–Crippen MR) is 95.8 cm³/mol. The number of aryl methyl sites for hydroxylation is 2. The van der Waals surface area contributed by atoms with Gasteiger partial charge in [-0.15, -0.1) is 11.3 Å². The number of carboxylic acids is 1. The molecule has 0 unspecified atom stereocenters. The van der Waals surface area contributed by atoms with Crippen LogP contribution in [0.2, 0.25) is 0 Å². The number of hydrogen-bond acceptors (Lipinski definition) is 4. The van der Waals surface area contributed by atoms with E-state index in [0.29, 0.717) is 6.04 Å². The topological polar surface area (TPSA) is 58.4 Å². The number of aromatic carboxylic acids is 1. The summed E-state index contributed by atoms with van der Waals surface area (Å²) in [6, 6.07) is 2.53. The standard InChI is InChI=1S/C18H25N3O2S/c1-4-8-21-15-6-5-13(10-14(15)17(19-21)18(22)23)20(3)11-16-12(2)7-9-24-16/h7,9,13H,4-6,8,10-11H2,1-3H3,(H,22,23)/t13-/m0/s1. The first-order valence-corrected chi connectivity index (χ1v) is 9.44. The van der Waals surface area contributed by atoms with Gasteiger partial charge in [-0.2, -0.15) is 5.10 Å². The Bertz CT molecular complexity index is 735. The molecule has 0 fully saturated rings. The molecule has 5 nitrogen and oxygen atoms in total. The first kappa shape index (κ1) is 17.2. The van der Waals surface area contributed by atoms with E-state index in [1.165, 1.54) is 10.4 Å². The van der Waals surface area contributed by atoms with Crippen molar-refractivity contribution in [3.63, 3.8) is 0 Å². The molecule has 0 aromatic carbocycles. The van der Waals surface area contributed by atoms with Gasteiger partial charge in [-0.3, -0.25) is 9.58 Å². The van der Waals surface area contributed by atoms with E-state index >= 15 is 0 Å². The average Bonchev–Trinajstić information content (AvgIpc) is 3.12. The maximum atomic E-state index is 11.6. The highest BCUT2D eigenvalue weighted by molar-refractivity contribution is 7.10. The molecule has 0 spiro atoms. The predicted octanol–water partition coefficient (Wildman–Crippen LogP) is 3.35. The Morgan fingerprint density at radius 3 is 2.96 bits per heavy atom. The summed E-state index contributed by atoms with van der Waals surface area (Å²) in [5, 5.41) is 16.0. The molecule has 0 bridgehead atoms. The molecule has 0 saturated heterocycles. The maximum absolute atomic E-state index is 11.6. The minimum Gasteiger partial charge on any atom is -0.476 e. The fraction of sp³-hybridized carbons (Fsp3) is 0.556. The molecule has 24 heavy (non-hydrogen) atoms. The van der Waals surface area contributed by atoms with Crippen LogP contribution in [0, 0.1) is 6.92 Å². The fourth-order valence-electron chi connectivity index (χ4n) is 3.54. The maximum Gasteiger partial charge on any atom is 0.356 e. The van der Waals surface area contributed by atoms with Gasteiger partial charge in [-0.25, -0.2) is 4.79 Å². The van der Waals surface area contributed by atoms with Crippen molar-refractivity contribution in [1.82, 2.24) is 14.7 Å². The lowest BCUT2D eigenvalue weighted by atomic mass is 9.90. The molecule has 6 heteroatoms. The number of hydrogen-bond donors (Lipinski definition) is 1. The minimum absolute atomic E-state index is 0.254. The third-order valence-corrected chi connectivity index (χ3v) is 5.95. The fourth-order valence-corrected chi connectivity index (χ4v) is 4.50. The molecule has 1 atom stereocenters. The summed E-state index contributed by atoms with van der Waals surface area (Å²) in [6.07, 6.45) is 3.71. The number of carbonyl (C=O) groups is 1. The summed E-state index contributed by atoms with van der Waals surface area (Å²) < 4.78 is 1.92. The van der Waals surface area contributed by atoms with Gasteiger partial charge in [0.2, 0.25) is 0 Å². The highest BCUT2D eigenvalue weighted by atomic mass is 32.1. The van der Waals surface area contributed by atoms with Crippen LogP contribution >= 0.6 is 11.3 Å². The Morgan fingerprint density at radius 1 is 1.54 bits per heavy atom. The van der Waals surface area contributed by atoms with E-state index in [9.17, 15) is 9.90 Å². The molecule has 0 radical (unpaired) electrons. The first-order chi connectivity index (χ1) is 11.5. The van der Waals surface area contributed by atoms with Crippen molar-refractivity contribution >= 4 is 17.3 Å². The van der Waals surface area contributed by atoms with Crippen LogP contribution in [0.4, 0.5) is 0 Å². The third-order valence-electron chi connectivity index (χ3n) is 4.94. The van der Waals surface area contributed by atoms with Gasteiger partial charge in [0.15, 0.2) is 5.69 Å². The number of nitrogens with zero attached hydrogens (tertiary/aromatic N) is 3. The van der Waals surface area contributed by atoms with Gasteiger partial charge in [0.1, 0.15) is 0 Å². The molecule has 1 aliphatic rings. The molecule has 1 N–H and O–H groups in total. The minimum atomic E-state index is -0.904.